The summed E-state index contributed by atoms with van der Waals surface area (Å²) in [5.74, 6) is -0.0841. The molecule has 0 saturated heterocycles. The molecule has 0 aliphatic heterocycles. The van der Waals surface area contributed by atoms with E-state index in [1.54, 1.807) is 17.1 Å². The summed E-state index contributed by atoms with van der Waals surface area (Å²) in [7, 11) is 0. The highest BCUT2D eigenvalue weighted by atomic mass is 79.9. The van der Waals surface area contributed by atoms with Crippen LogP contribution >= 0.6 is 15.9 Å². The van der Waals surface area contributed by atoms with Crippen LogP contribution in [0.15, 0.2) is 29.1 Å². The van der Waals surface area contributed by atoms with E-state index in [9.17, 15) is 4.79 Å². The molecule has 2 unspecified atom stereocenters. The first-order valence-corrected chi connectivity index (χ1v) is 7.34. The van der Waals surface area contributed by atoms with E-state index in [1.165, 1.54) is 0 Å². The Kier molecular flexibility index (Phi) is 4.59. The molecule has 108 valence electrons. The van der Waals surface area contributed by atoms with Gasteiger partial charge in [0.2, 0.25) is 5.91 Å². The number of aromatic nitrogens is 4. The summed E-state index contributed by atoms with van der Waals surface area (Å²) >= 11 is 3.32. The SMILES string of the molecule is CCn1ccc(C(C)NC(=O)C(C)n2cc(Br)cn2)n1. The zero-order valence-electron chi connectivity index (χ0n) is 11.7. The van der Waals surface area contributed by atoms with Gasteiger partial charge in [-0.3, -0.25) is 14.2 Å². The van der Waals surface area contributed by atoms with E-state index in [0.29, 0.717) is 0 Å². The highest BCUT2D eigenvalue weighted by Gasteiger charge is 2.19. The molecule has 0 aromatic carbocycles. The van der Waals surface area contributed by atoms with Gasteiger partial charge in [-0.25, -0.2) is 0 Å². The van der Waals surface area contributed by atoms with Crippen LogP contribution in [0.1, 0.15) is 38.5 Å². The molecule has 0 aliphatic rings. The van der Waals surface area contributed by atoms with Crippen molar-refractivity contribution in [2.75, 3.05) is 0 Å². The lowest BCUT2D eigenvalue weighted by atomic mass is 10.2. The first-order chi connectivity index (χ1) is 9.51. The Morgan fingerprint density at radius 2 is 2.25 bits per heavy atom. The molecule has 2 aromatic rings. The van der Waals surface area contributed by atoms with E-state index >= 15 is 0 Å². The van der Waals surface area contributed by atoms with Crippen molar-refractivity contribution in [1.82, 2.24) is 24.9 Å². The van der Waals surface area contributed by atoms with Gasteiger partial charge in [0, 0.05) is 18.9 Å². The van der Waals surface area contributed by atoms with Crippen LogP contribution in [0.4, 0.5) is 0 Å². The Morgan fingerprint density at radius 3 is 2.80 bits per heavy atom. The second-order valence-electron chi connectivity index (χ2n) is 4.64. The lowest BCUT2D eigenvalue weighted by Gasteiger charge is -2.16. The van der Waals surface area contributed by atoms with Gasteiger partial charge in [-0.15, -0.1) is 0 Å². The van der Waals surface area contributed by atoms with E-state index in [4.69, 9.17) is 0 Å². The number of aryl methyl sites for hydroxylation is 1. The van der Waals surface area contributed by atoms with E-state index in [0.717, 1.165) is 16.7 Å². The smallest absolute Gasteiger partial charge is 0.245 e. The molecular formula is C13H18BrN5O. The molecule has 20 heavy (non-hydrogen) atoms. The van der Waals surface area contributed by atoms with Gasteiger partial charge in [0.1, 0.15) is 6.04 Å². The van der Waals surface area contributed by atoms with Crippen molar-refractivity contribution >= 4 is 21.8 Å². The molecule has 0 saturated carbocycles. The van der Waals surface area contributed by atoms with Crippen LogP contribution in [0.2, 0.25) is 0 Å². The van der Waals surface area contributed by atoms with Crippen LogP contribution < -0.4 is 5.32 Å². The first kappa shape index (κ1) is 14.8. The fourth-order valence-corrected chi connectivity index (χ4v) is 2.14. The Balaban J connectivity index is 2.00. The van der Waals surface area contributed by atoms with Crippen molar-refractivity contribution in [2.45, 2.75) is 39.4 Å². The van der Waals surface area contributed by atoms with Crippen molar-refractivity contribution in [2.24, 2.45) is 0 Å². The maximum Gasteiger partial charge on any atom is 0.245 e. The average molecular weight is 340 g/mol. The summed E-state index contributed by atoms with van der Waals surface area (Å²) in [6.45, 7) is 6.58. The number of halogens is 1. The molecule has 2 rings (SSSR count). The van der Waals surface area contributed by atoms with Crippen LogP contribution in [-0.4, -0.2) is 25.5 Å². The molecule has 0 spiro atoms. The normalized spacial score (nSPS) is 14.0. The number of nitrogens with zero attached hydrogens (tertiary/aromatic N) is 4. The molecule has 2 atom stereocenters. The summed E-state index contributed by atoms with van der Waals surface area (Å²) < 4.78 is 4.31. The number of hydrogen-bond acceptors (Lipinski definition) is 3. The molecule has 0 aliphatic carbocycles. The number of nitrogens with one attached hydrogen (secondary N) is 1. The van der Waals surface area contributed by atoms with Crippen LogP contribution in [0.5, 0.6) is 0 Å². The summed E-state index contributed by atoms with van der Waals surface area (Å²) in [5, 5.41) is 11.5. The minimum atomic E-state index is -0.364. The monoisotopic (exact) mass is 339 g/mol. The Bertz CT molecular complexity index is 591. The molecule has 7 heteroatoms. The van der Waals surface area contributed by atoms with Gasteiger partial charge in [-0.2, -0.15) is 10.2 Å². The van der Waals surface area contributed by atoms with E-state index in [2.05, 4.69) is 31.4 Å². The first-order valence-electron chi connectivity index (χ1n) is 6.54. The van der Waals surface area contributed by atoms with Crippen molar-refractivity contribution in [3.8, 4) is 0 Å². The highest BCUT2D eigenvalue weighted by Crippen LogP contribution is 2.14. The molecule has 2 aromatic heterocycles. The predicted octanol–water partition coefficient (Wildman–Crippen LogP) is 2.30. The van der Waals surface area contributed by atoms with Crippen molar-refractivity contribution in [3.63, 3.8) is 0 Å². The Labute approximate surface area is 126 Å². The molecule has 0 fully saturated rings. The second kappa shape index (κ2) is 6.21. The zero-order chi connectivity index (χ0) is 14.7. The Morgan fingerprint density at radius 1 is 1.50 bits per heavy atom. The minimum Gasteiger partial charge on any atom is -0.346 e. The summed E-state index contributed by atoms with van der Waals surface area (Å²) in [6.07, 6.45) is 5.35. The second-order valence-corrected chi connectivity index (χ2v) is 5.56. The van der Waals surface area contributed by atoms with Crippen molar-refractivity contribution < 1.29 is 4.79 Å². The van der Waals surface area contributed by atoms with Gasteiger partial charge in [-0.1, -0.05) is 0 Å². The van der Waals surface area contributed by atoms with Gasteiger partial charge in [0.15, 0.2) is 0 Å². The van der Waals surface area contributed by atoms with Crippen LogP contribution in [0, 0.1) is 0 Å². The summed E-state index contributed by atoms with van der Waals surface area (Å²) in [5.41, 5.74) is 0.856. The topological polar surface area (TPSA) is 64.7 Å². The summed E-state index contributed by atoms with van der Waals surface area (Å²) in [6, 6.07) is 1.43. The van der Waals surface area contributed by atoms with Crippen molar-refractivity contribution in [3.05, 3.63) is 34.8 Å². The fraction of sp³-hybridized carbons (Fsp3) is 0.462. The number of carbonyl (C=O) groups excluding carboxylic acids is 1. The third-order valence-electron chi connectivity index (χ3n) is 3.13. The molecule has 6 nitrogen and oxygen atoms in total. The third-order valence-corrected chi connectivity index (χ3v) is 3.54. The third kappa shape index (κ3) is 3.27. The van der Waals surface area contributed by atoms with Gasteiger partial charge >= 0.3 is 0 Å². The predicted molar refractivity (Wildman–Crippen MR) is 79.1 cm³/mol. The van der Waals surface area contributed by atoms with Crippen molar-refractivity contribution in [1.29, 1.82) is 0 Å². The molecule has 2 heterocycles. The molecular weight excluding hydrogens is 322 g/mol. The standard InChI is InChI=1S/C13H18BrN5O/c1-4-18-6-5-12(17-18)9(2)16-13(20)10(3)19-8-11(14)7-15-19/h5-10H,4H2,1-3H3,(H,16,20). The van der Waals surface area contributed by atoms with Gasteiger partial charge in [0.05, 0.1) is 22.4 Å². The average Bonchev–Trinajstić information content (AvgIpc) is 3.06. The van der Waals surface area contributed by atoms with Gasteiger partial charge in [-0.05, 0) is 42.8 Å². The lowest BCUT2D eigenvalue weighted by Crippen LogP contribution is -2.33. The van der Waals surface area contributed by atoms with Crippen LogP contribution in [0.3, 0.4) is 0 Å². The highest BCUT2D eigenvalue weighted by molar-refractivity contribution is 9.10. The number of carbonyl (C=O) groups is 1. The largest absolute Gasteiger partial charge is 0.346 e. The number of amides is 1. The van der Waals surface area contributed by atoms with E-state index < -0.39 is 0 Å². The maximum atomic E-state index is 12.2. The fourth-order valence-electron chi connectivity index (χ4n) is 1.84. The van der Waals surface area contributed by atoms with Crippen LogP contribution in [-0.2, 0) is 11.3 Å². The van der Waals surface area contributed by atoms with Gasteiger partial charge < -0.3 is 5.32 Å². The van der Waals surface area contributed by atoms with E-state index in [1.807, 2.05) is 37.7 Å². The molecule has 1 amide bonds. The van der Waals surface area contributed by atoms with Gasteiger partial charge in [0.25, 0.3) is 0 Å². The Hall–Kier alpha value is -1.63. The molecule has 0 radical (unpaired) electrons. The molecule has 1 N–H and O–H groups in total. The van der Waals surface area contributed by atoms with E-state index in [-0.39, 0.29) is 18.0 Å². The zero-order valence-corrected chi connectivity index (χ0v) is 13.3. The quantitative estimate of drug-likeness (QED) is 0.908. The number of rotatable bonds is 5. The molecule has 0 bridgehead atoms. The van der Waals surface area contributed by atoms with Crippen LogP contribution in [0.25, 0.3) is 0 Å². The summed E-state index contributed by atoms with van der Waals surface area (Å²) in [4.78, 5) is 12.2. The maximum absolute atomic E-state index is 12.2. The number of hydrogen-bond donors (Lipinski definition) is 1. The minimum absolute atomic E-state index is 0.0841. The lowest BCUT2D eigenvalue weighted by molar-refractivity contribution is -0.124.